The first-order valence-electron chi connectivity index (χ1n) is 9.15. The lowest BCUT2D eigenvalue weighted by molar-refractivity contribution is -0.134. The first-order valence-corrected chi connectivity index (χ1v) is 10.6. The zero-order valence-electron chi connectivity index (χ0n) is 16.2. The number of rotatable bonds is 6. The van der Waals surface area contributed by atoms with Crippen LogP contribution in [0, 0.1) is 11.6 Å². The minimum Gasteiger partial charge on any atom is -0.484 e. The highest BCUT2D eigenvalue weighted by molar-refractivity contribution is 7.89. The summed E-state index contributed by atoms with van der Waals surface area (Å²) in [5, 5.41) is 0. The van der Waals surface area contributed by atoms with Crippen LogP contribution < -0.4 is 4.74 Å². The van der Waals surface area contributed by atoms with Gasteiger partial charge in [-0.2, -0.15) is 4.31 Å². The van der Waals surface area contributed by atoms with E-state index >= 15 is 0 Å². The average molecular weight is 438 g/mol. The number of hydrogen-bond acceptors (Lipinski definition) is 5. The molecule has 0 unspecified atom stereocenters. The van der Waals surface area contributed by atoms with E-state index in [0.717, 1.165) is 16.4 Å². The molecule has 0 N–H and O–H groups in total. The molecule has 1 fully saturated rings. The predicted molar refractivity (Wildman–Crippen MR) is 104 cm³/mol. The molecular formula is C20H20F2N2O5S. The maximum atomic E-state index is 13.9. The molecule has 0 atom stereocenters. The Bertz CT molecular complexity index is 1050. The minimum absolute atomic E-state index is 0.0443. The molecule has 2 aromatic rings. The molecule has 1 amide bonds. The highest BCUT2D eigenvalue weighted by Gasteiger charge is 2.32. The second kappa shape index (κ2) is 8.88. The number of Topliss-reactive ketones (excluding diaryl/α,β-unsaturated/α-hetero) is 1. The Kier molecular flexibility index (Phi) is 6.47. The van der Waals surface area contributed by atoms with Crippen LogP contribution in [0.3, 0.4) is 0 Å². The van der Waals surface area contributed by atoms with E-state index in [2.05, 4.69) is 0 Å². The van der Waals surface area contributed by atoms with Gasteiger partial charge in [-0.3, -0.25) is 9.59 Å². The predicted octanol–water partition coefficient (Wildman–Crippen LogP) is 2.08. The van der Waals surface area contributed by atoms with Crippen molar-refractivity contribution in [3.05, 3.63) is 59.7 Å². The number of nitrogens with zero attached hydrogens (tertiary/aromatic N) is 2. The minimum atomic E-state index is -4.21. The van der Waals surface area contributed by atoms with Crippen LogP contribution in [0.2, 0.25) is 0 Å². The number of hydrogen-bond donors (Lipinski definition) is 0. The summed E-state index contributed by atoms with van der Waals surface area (Å²) in [5.74, 6) is -1.87. The van der Waals surface area contributed by atoms with E-state index < -0.39 is 26.6 Å². The topological polar surface area (TPSA) is 84.0 Å². The van der Waals surface area contributed by atoms with E-state index in [4.69, 9.17) is 4.74 Å². The largest absolute Gasteiger partial charge is 0.484 e. The number of ether oxygens (including phenoxy) is 1. The lowest BCUT2D eigenvalue weighted by atomic mass is 10.1. The molecule has 7 nitrogen and oxygen atoms in total. The molecule has 0 aromatic heterocycles. The average Bonchev–Trinajstić information content (AvgIpc) is 2.74. The van der Waals surface area contributed by atoms with Gasteiger partial charge in [-0.25, -0.2) is 17.2 Å². The third-order valence-electron chi connectivity index (χ3n) is 4.73. The Morgan fingerprint density at radius 3 is 2.23 bits per heavy atom. The molecule has 3 rings (SSSR count). The fourth-order valence-electron chi connectivity index (χ4n) is 3.01. The van der Waals surface area contributed by atoms with Crippen LogP contribution in [0.15, 0.2) is 47.4 Å². The highest BCUT2D eigenvalue weighted by atomic mass is 32.2. The van der Waals surface area contributed by atoms with Gasteiger partial charge in [-0.05, 0) is 49.4 Å². The van der Waals surface area contributed by atoms with Crippen molar-refractivity contribution in [1.82, 2.24) is 9.21 Å². The van der Waals surface area contributed by atoms with Gasteiger partial charge in [0.2, 0.25) is 10.0 Å². The number of amides is 1. The molecule has 1 aliphatic rings. The van der Waals surface area contributed by atoms with Gasteiger partial charge < -0.3 is 9.64 Å². The summed E-state index contributed by atoms with van der Waals surface area (Å²) in [7, 11) is -4.21. The van der Waals surface area contributed by atoms with Crippen LogP contribution in [0.4, 0.5) is 8.78 Å². The standard InChI is InChI=1S/C20H20F2N2O5S/c1-14(25)15-2-5-17(6-3-15)29-13-20(26)23-8-10-24(11-9-23)30(27,28)19-12-16(21)4-7-18(19)22/h2-7,12H,8-11,13H2,1H3. The maximum Gasteiger partial charge on any atom is 0.260 e. The maximum absolute atomic E-state index is 13.9. The molecule has 0 aliphatic carbocycles. The summed E-state index contributed by atoms with van der Waals surface area (Å²) in [5.41, 5.74) is 0.528. The Balaban J connectivity index is 1.56. The van der Waals surface area contributed by atoms with Crippen LogP contribution in [-0.2, 0) is 14.8 Å². The summed E-state index contributed by atoms with van der Waals surface area (Å²) >= 11 is 0. The lowest BCUT2D eigenvalue weighted by Gasteiger charge is -2.34. The molecular weight excluding hydrogens is 418 g/mol. The summed E-state index contributed by atoms with van der Waals surface area (Å²) in [6.45, 7) is 1.31. The van der Waals surface area contributed by atoms with Gasteiger partial charge in [-0.1, -0.05) is 0 Å². The first kappa shape index (κ1) is 21.8. The van der Waals surface area contributed by atoms with Crippen LogP contribution in [0.25, 0.3) is 0 Å². The van der Waals surface area contributed by atoms with Crippen LogP contribution in [-0.4, -0.2) is 62.1 Å². The van der Waals surface area contributed by atoms with E-state index in [-0.39, 0.29) is 44.5 Å². The molecule has 1 saturated heterocycles. The van der Waals surface area contributed by atoms with Crippen molar-refractivity contribution < 1.29 is 31.5 Å². The van der Waals surface area contributed by atoms with Gasteiger partial charge in [0.25, 0.3) is 5.91 Å². The van der Waals surface area contributed by atoms with E-state index in [1.807, 2.05) is 0 Å². The van der Waals surface area contributed by atoms with Gasteiger partial charge in [0.15, 0.2) is 12.4 Å². The van der Waals surface area contributed by atoms with Crippen LogP contribution in [0.1, 0.15) is 17.3 Å². The first-order chi connectivity index (χ1) is 14.2. The molecule has 2 aromatic carbocycles. The Morgan fingerprint density at radius 2 is 1.63 bits per heavy atom. The molecule has 30 heavy (non-hydrogen) atoms. The molecule has 10 heteroatoms. The normalized spacial score (nSPS) is 15.1. The van der Waals surface area contributed by atoms with Gasteiger partial charge >= 0.3 is 0 Å². The Labute approximate surface area is 172 Å². The molecule has 0 bridgehead atoms. The van der Waals surface area contributed by atoms with Crippen molar-refractivity contribution in [1.29, 1.82) is 0 Å². The third kappa shape index (κ3) is 4.82. The zero-order chi connectivity index (χ0) is 21.9. The van der Waals surface area contributed by atoms with Gasteiger partial charge in [-0.15, -0.1) is 0 Å². The van der Waals surface area contributed by atoms with E-state index in [0.29, 0.717) is 17.4 Å². The van der Waals surface area contributed by atoms with Gasteiger partial charge in [0, 0.05) is 31.7 Å². The number of ketones is 1. The van der Waals surface area contributed by atoms with E-state index in [9.17, 15) is 26.8 Å². The fraction of sp³-hybridized carbons (Fsp3) is 0.300. The second-order valence-corrected chi connectivity index (χ2v) is 8.64. The SMILES string of the molecule is CC(=O)c1ccc(OCC(=O)N2CCN(S(=O)(=O)c3cc(F)ccc3F)CC2)cc1. The number of halogens is 2. The van der Waals surface area contributed by atoms with Crippen molar-refractivity contribution in [3.63, 3.8) is 0 Å². The van der Waals surface area contributed by atoms with Crippen LogP contribution in [0.5, 0.6) is 5.75 Å². The summed E-state index contributed by atoms with van der Waals surface area (Å²) in [6, 6.07) is 8.62. The summed E-state index contributed by atoms with van der Waals surface area (Å²) < 4.78 is 58.9. The highest BCUT2D eigenvalue weighted by Crippen LogP contribution is 2.22. The van der Waals surface area contributed by atoms with Crippen molar-refractivity contribution in [2.75, 3.05) is 32.8 Å². The van der Waals surface area contributed by atoms with Crippen molar-refractivity contribution >= 4 is 21.7 Å². The fourth-order valence-corrected chi connectivity index (χ4v) is 4.51. The van der Waals surface area contributed by atoms with Crippen molar-refractivity contribution in [3.8, 4) is 5.75 Å². The molecule has 0 radical (unpaired) electrons. The summed E-state index contributed by atoms with van der Waals surface area (Å²) in [6.07, 6.45) is 0. The quantitative estimate of drug-likeness (QED) is 0.645. The van der Waals surface area contributed by atoms with E-state index in [1.54, 1.807) is 24.3 Å². The molecule has 1 aliphatic heterocycles. The van der Waals surface area contributed by atoms with Gasteiger partial charge in [0.1, 0.15) is 22.3 Å². The number of sulfonamides is 1. The molecule has 160 valence electrons. The smallest absolute Gasteiger partial charge is 0.260 e. The lowest BCUT2D eigenvalue weighted by Crippen LogP contribution is -2.51. The van der Waals surface area contributed by atoms with Crippen molar-refractivity contribution in [2.24, 2.45) is 0 Å². The molecule has 0 spiro atoms. The number of piperazine rings is 1. The van der Waals surface area contributed by atoms with Gasteiger partial charge in [0.05, 0.1) is 0 Å². The molecule has 0 saturated carbocycles. The number of carbonyl (C=O) groups excluding carboxylic acids is 2. The Morgan fingerprint density at radius 1 is 1.00 bits per heavy atom. The Hall–Kier alpha value is -2.85. The number of carbonyl (C=O) groups is 2. The summed E-state index contributed by atoms with van der Waals surface area (Å²) in [4.78, 5) is 24.3. The monoisotopic (exact) mass is 438 g/mol. The van der Waals surface area contributed by atoms with Crippen molar-refractivity contribution in [2.45, 2.75) is 11.8 Å². The number of benzene rings is 2. The van der Waals surface area contributed by atoms with E-state index in [1.165, 1.54) is 11.8 Å². The van der Waals surface area contributed by atoms with Crippen LogP contribution >= 0.6 is 0 Å². The third-order valence-corrected chi connectivity index (χ3v) is 6.64. The second-order valence-electron chi connectivity index (χ2n) is 6.73. The molecule has 1 heterocycles. The zero-order valence-corrected chi connectivity index (χ0v) is 17.0.